The molecule has 2 unspecified atom stereocenters. The molecule has 0 aromatic heterocycles. The molecule has 0 saturated heterocycles. The molecule has 2 atom stereocenters. The maximum atomic E-state index is 12.9. The number of halogens is 2. The first kappa shape index (κ1) is 14.6. The van der Waals surface area contributed by atoms with Crippen molar-refractivity contribution >= 4 is 5.91 Å². The fourth-order valence-electron chi connectivity index (χ4n) is 1.73. The molecule has 2 N–H and O–H groups in total. The van der Waals surface area contributed by atoms with E-state index in [1.54, 1.807) is 13.8 Å². The van der Waals surface area contributed by atoms with E-state index in [-0.39, 0.29) is 18.4 Å². The molecular formula is C13H17F2NO2. The minimum Gasteiger partial charge on any atom is -0.393 e. The second kappa shape index (κ2) is 6.44. The number of hydrogen-bond acceptors (Lipinski definition) is 2. The lowest BCUT2D eigenvalue weighted by atomic mass is 10.1. The van der Waals surface area contributed by atoms with Crippen molar-refractivity contribution in [2.24, 2.45) is 0 Å². The molecule has 1 aromatic rings. The third-order valence-electron chi connectivity index (χ3n) is 2.45. The van der Waals surface area contributed by atoms with Gasteiger partial charge in [-0.25, -0.2) is 8.78 Å². The van der Waals surface area contributed by atoms with Crippen LogP contribution < -0.4 is 5.32 Å². The predicted octanol–water partition coefficient (Wildman–Crippen LogP) is 1.78. The summed E-state index contributed by atoms with van der Waals surface area (Å²) in [6, 6.07) is 3.21. The highest BCUT2D eigenvalue weighted by atomic mass is 19.2. The molecule has 0 fully saturated rings. The van der Waals surface area contributed by atoms with E-state index in [0.29, 0.717) is 12.0 Å². The van der Waals surface area contributed by atoms with Gasteiger partial charge in [0.1, 0.15) is 0 Å². The fourth-order valence-corrected chi connectivity index (χ4v) is 1.73. The van der Waals surface area contributed by atoms with Crippen molar-refractivity contribution in [3.63, 3.8) is 0 Å². The van der Waals surface area contributed by atoms with Gasteiger partial charge in [-0.15, -0.1) is 0 Å². The number of aliphatic hydroxyl groups is 1. The highest BCUT2D eigenvalue weighted by Gasteiger charge is 2.11. The molecule has 0 saturated carbocycles. The number of aliphatic hydroxyl groups excluding tert-OH is 1. The van der Waals surface area contributed by atoms with Gasteiger partial charge in [0.05, 0.1) is 12.5 Å². The molecule has 0 radical (unpaired) electrons. The van der Waals surface area contributed by atoms with E-state index in [2.05, 4.69) is 5.32 Å². The monoisotopic (exact) mass is 257 g/mol. The lowest BCUT2D eigenvalue weighted by molar-refractivity contribution is -0.121. The molecule has 0 spiro atoms. The van der Waals surface area contributed by atoms with Crippen LogP contribution in [0.25, 0.3) is 0 Å². The Labute approximate surface area is 105 Å². The molecule has 3 nitrogen and oxygen atoms in total. The summed E-state index contributed by atoms with van der Waals surface area (Å²) in [4.78, 5) is 11.6. The lowest BCUT2D eigenvalue weighted by Gasteiger charge is -2.15. The van der Waals surface area contributed by atoms with Crippen LogP contribution in [0.5, 0.6) is 0 Å². The summed E-state index contributed by atoms with van der Waals surface area (Å²) < 4.78 is 25.6. The van der Waals surface area contributed by atoms with Gasteiger partial charge in [0, 0.05) is 6.04 Å². The standard InChI is InChI=1S/C13H17F2NO2/c1-8(5-9(2)17)16-13(18)7-10-3-4-11(14)12(15)6-10/h3-4,6,8-9,17H,5,7H2,1-2H3,(H,16,18). The van der Waals surface area contributed by atoms with Crippen molar-refractivity contribution in [2.45, 2.75) is 38.8 Å². The summed E-state index contributed by atoms with van der Waals surface area (Å²) in [5.74, 6) is -2.17. The number of amides is 1. The van der Waals surface area contributed by atoms with Gasteiger partial charge in [-0.1, -0.05) is 6.07 Å². The molecule has 1 amide bonds. The zero-order valence-corrected chi connectivity index (χ0v) is 10.4. The van der Waals surface area contributed by atoms with Crippen molar-refractivity contribution in [1.82, 2.24) is 5.32 Å². The summed E-state index contributed by atoms with van der Waals surface area (Å²) >= 11 is 0. The molecule has 0 bridgehead atoms. The van der Waals surface area contributed by atoms with Crippen molar-refractivity contribution < 1.29 is 18.7 Å². The van der Waals surface area contributed by atoms with Crippen LogP contribution in [0.1, 0.15) is 25.8 Å². The average molecular weight is 257 g/mol. The van der Waals surface area contributed by atoms with E-state index in [1.165, 1.54) is 6.07 Å². The summed E-state index contributed by atoms with van der Waals surface area (Å²) in [7, 11) is 0. The number of rotatable bonds is 5. The van der Waals surface area contributed by atoms with Crippen molar-refractivity contribution in [2.75, 3.05) is 0 Å². The van der Waals surface area contributed by atoms with E-state index >= 15 is 0 Å². The first-order valence-electron chi connectivity index (χ1n) is 5.80. The van der Waals surface area contributed by atoms with E-state index in [0.717, 1.165) is 12.1 Å². The first-order chi connectivity index (χ1) is 8.38. The molecular weight excluding hydrogens is 240 g/mol. The molecule has 0 aliphatic carbocycles. The molecule has 1 aromatic carbocycles. The van der Waals surface area contributed by atoms with Crippen molar-refractivity contribution in [1.29, 1.82) is 0 Å². The molecule has 1 rings (SSSR count). The van der Waals surface area contributed by atoms with Gasteiger partial charge in [0.15, 0.2) is 11.6 Å². The second-order valence-corrected chi connectivity index (χ2v) is 4.48. The Kier molecular flexibility index (Phi) is 5.22. The van der Waals surface area contributed by atoms with Gasteiger partial charge in [0.2, 0.25) is 5.91 Å². The Morgan fingerprint density at radius 2 is 2.00 bits per heavy atom. The average Bonchev–Trinajstić information content (AvgIpc) is 2.21. The van der Waals surface area contributed by atoms with Gasteiger partial charge in [-0.05, 0) is 38.0 Å². The summed E-state index contributed by atoms with van der Waals surface area (Å²) in [5, 5.41) is 11.8. The van der Waals surface area contributed by atoms with E-state index in [9.17, 15) is 13.6 Å². The van der Waals surface area contributed by atoms with Crippen LogP contribution in [-0.4, -0.2) is 23.2 Å². The minimum absolute atomic E-state index is 0.0126. The van der Waals surface area contributed by atoms with Crippen LogP contribution in [0, 0.1) is 11.6 Å². The molecule has 5 heteroatoms. The molecule has 0 aliphatic heterocycles. The molecule has 18 heavy (non-hydrogen) atoms. The Hall–Kier alpha value is -1.49. The van der Waals surface area contributed by atoms with Crippen LogP contribution in [0.2, 0.25) is 0 Å². The minimum atomic E-state index is -0.961. The second-order valence-electron chi connectivity index (χ2n) is 4.48. The SMILES string of the molecule is CC(O)CC(C)NC(=O)Cc1ccc(F)c(F)c1. The van der Waals surface area contributed by atoms with Gasteiger partial charge in [-0.2, -0.15) is 0 Å². The Morgan fingerprint density at radius 3 is 2.56 bits per heavy atom. The van der Waals surface area contributed by atoms with E-state index < -0.39 is 17.7 Å². The quantitative estimate of drug-likeness (QED) is 0.844. The zero-order valence-electron chi connectivity index (χ0n) is 10.4. The van der Waals surface area contributed by atoms with Crippen LogP contribution in [0.3, 0.4) is 0 Å². The highest BCUT2D eigenvalue weighted by molar-refractivity contribution is 5.78. The summed E-state index contributed by atoms with van der Waals surface area (Å²) in [5.41, 5.74) is 0.413. The van der Waals surface area contributed by atoms with Crippen molar-refractivity contribution in [3.05, 3.63) is 35.4 Å². The van der Waals surface area contributed by atoms with Crippen molar-refractivity contribution in [3.8, 4) is 0 Å². The smallest absolute Gasteiger partial charge is 0.224 e. The number of carbonyl (C=O) groups is 1. The number of benzene rings is 1. The summed E-state index contributed by atoms with van der Waals surface area (Å²) in [6.07, 6.45) is -0.0613. The fraction of sp³-hybridized carbons (Fsp3) is 0.462. The predicted molar refractivity (Wildman–Crippen MR) is 64.0 cm³/mol. The molecule has 0 heterocycles. The Balaban J connectivity index is 2.51. The maximum absolute atomic E-state index is 12.9. The third-order valence-corrected chi connectivity index (χ3v) is 2.45. The van der Waals surface area contributed by atoms with Gasteiger partial charge in [0.25, 0.3) is 0 Å². The van der Waals surface area contributed by atoms with Crippen LogP contribution >= 0.6 is 0 Å². The Bertz CT molecular complexity index is 421. The number of nitrogens with one attached hydrogen (secondary N) is 1. The molecule has 0 aliphatic rings. The summed E-state index contributed by atoms with van der Waals surface area (Å²) in [6.45, 7) is 3.41. The van der Waals surface area contributed by atoms with Crippen LogP contribution in [0.4, 0.5) is 8.78 Å². The van der Waals surface area contributed by atoms with Gasteiger partial charge >= 0.3 is 0 Å². The largest absolute Gasteiger partial charge is 0.393 e. The normalized spacial score (nSPS) is 14.1. The maximum Gasteiger partial charge on any atom is 0.224 e. The molecule has 100 valence electrons. The first-order valence-corrected chi connectivity index (χ1v) is 5.80. The highest BCUT2D eigenvalue weighted by Crippen LogP contribution is 2.09. The van der Waals surface area contributed by atoms with Crippen LogP contribution in [-0.2, 0) is 11.2 Å². The van der Waals surface area contributed by atoms with Gasteiger partial charge in [-0.3, -0.25) is 4.79 Å². The van der Waals surface area contributed by atoms with Crippen LogP contribution in [0.15, 0.2) is 18.2 Å². The third kappa shape index (κ3) is 4.79. The topological polar surface area (TPSA) is 49.3 Å². The lowest BCUT2D eigenvalue weighted by Crippen LogP contribution is -2.35. The van der Waals surface area contributed by atoms with E-state index in [4.69, 9.17) is 5.11 Å². The number of carbonyl (C=O) groups excluding carboxylic acids is 1. The van der Waals surface area contributed by atoms with Gasteiger partial charge < -0.3 is 10.4 Å². The zero-order chi connectivity index (χ0) is 13.7. The number of hydrogen-bond donors (Lipinski definition) is 2. The van der Waals surface area contributed by atoms with E-state index in [1.807, 2.05) is 0 Å². The Morgan fingerprint density at radius 1 is 1.33 bits per heavy atom.